The van der Waals surface area contributed by atoms with Crippen LogP contribution in [0.3, 0.4) is 0 Å². The first-order valence-corrected chi connectivity index (χ1v) is 5.73. The first-order valence-electron chi connectivity index (χ1n) is 5.73. The van der Waals surface area contributed by atoms with Crippen molar-refractivity contribution >= 4 is 11.9 Å². The van der Waals surface area contributed by atoms with Crippen molar-refractivity contribution in [3.63, 3.8) is 0 Å². The molecule has 6 heteroatoms. The second-order valence-electron chi connectivity index (χ2n) is 4.60. The number of aliphatic carboxylic acids is 1. The number of hydrogen-bond acceptors (Lipinski definition) is 4. The molecule has 0 aromatic carbocycles. The summed E-state index contributed by atoms with van der Waals surface area (Å²) in [7, 11) is 3.74. The van der Waals surface area contributed by atoms with Crippen LogP contribution in [-0.2, 0) is 14.3 Å². The van der Waals surface area contributed by atoms with Crippen LogP contribution in [-0.4, -0.2) is 61.3 Å². The van der Waals surface area contributed by atoms with E-state index in [1.54, 1.807) is 0 Å². The van der Waals surface area contributed by atoms with Crippen molar-refractivity contribution in [3.05, 3.63) is 0 Å². The van der Waals surface area contributed by atoms with E-state index < -0.39 is 11.5 Å². The van der Waals surface area contributed by atoms with Gasteiger partial charge < -0.3 is 20.1 Å². The van der Waals surface area contributed by atoms with Crippen LogP contribution in [0.15, 0.2) is 0 Å². The number of hydrogen-bond donors (Lipinski definition) is 2. The van der Waals surface area contributed by atoms with Gasteiger partial charge in [0, 0.05) is 39.0 Å². The third-order valence-electron chi connectivity index (χ3n) is 2.92. The molecule has 1 aliphatic heterocycles. The van der Waals surface area contributed by atoms with Gasteiger partial charge in [0.15, 0.2) is 0 Å². The predicted octanol–water partition coefficient (Wildman–Crippen LogP) is -0.312. The number of carboxylic acid groups (broad SMARTS) is 1. The van der Waals surface area contributed by atoms with Crippen molar-refractivity contribution in [1.82, 2.24) is 10.2 Å². The third-order valence-corrected chi connectivity index (χ3v) is 2.92. The van der Waals surface area contributed by atoms with Gasteiger partial charge >= 0.3 is 5.97 Å². The summed E-state index contributed by atoms with van der Waals surface area (Å²) in [5.41, 5.74) is -1.14. The molecule has 0 radical (unpaired) electrons. The molecule has 2 N–H and O–H groups in total. The number of carbonyl (C=O) groups is 2. The van der Waals surface area contributed by atoms with Crippen molar-refractivity contribution in [2.24, 2.45) is 0 Å². The van der Waals surface area contributed by atoms with E-state index in [0.717, 1.165) is 0 Å². The van der Waals surface area contributed by atoms with Crippen LogP contribution in [0.25, 0.3) is 0 Å². The zero-order valence-electron chi connectivity index (χ0n) is 10.4. The van der Waals surface area contributed by atoms with Crippen molar-refractivity contribution < 1.29 is 19.4 Å². The quantitative estimate of drug-likeness (QED) is 0.693. The highest BCUT2D eigenvalue weighted by atomic mass is 16.5. The molecule has 1 rings (SSSR count). The highest BCUT2D eigenvalue weighted by molar-refractivity contribution is 5.87. The summed E-state index contributed by atoms with van der Waals surface area (Å²) < 4.78 is 5.13. The fourth-order valence-electron chi connectivity index (χ4n) is 1.77. The van der Waals surface area contributed by atoms with Crippen LogP contribution < -0.4 is 5.32 Å². The van der Waals surface area contributed by atoms with E-state index in [2.05, 4.69) is 5.32 Å². The summed E-state index contributed by atoms with van der Waals surface area (Å²) in [5, 5.41) is 11.9. The standard InChI is InChI=1S/C11H20N2O4/c1-13(2)6-3-9(14)12-11(10(15)16)4-7-17-8-5-11/h3-8H2,1-2H3,(H,12,14)(H,15,16). The highest BCUT2D eigenvalue weighted by Crippen LogP contribution is 2.21. The average molecular weight is 244 g/mol. The lowest BCUT2D eigenvalue weighted by molar-refractivity contribution is -0.152. The average Bonchev–Trinajstić information content (AvgIpc) is 2.27. The van der Waals surface area contributed by atoms with Crippen molar-refractivity contribution in [2.45, 2.75) is 24.8 Å². The van der Waals surface area contributed by atoms with Crippen LogP contribution >= 0.6 is 0 Å². The normalized spacial score (nSPS) is 19.0. The molecule has 0 unspecified atom stereocenters. The van der Waals surface area contributed by atoms with Crippen LogP contribution in [0.4, 0.5) is 0 Å². The van der Waals surface area contributed by atoms with E-state index in [1.165, 1.54) is 0 Å². The summed E-state index contributed by atoms with van der Waals surface area (Å²) in [6, 6.07) is 0. The predicted molar refractivity (Wildman–Crippen MR) is 61.7 cm³/mol. The number of nitrogens with one attached hydrogen (secondary N) is 1. The molecule has 1 aliphatic rings. The SMILES string of the molecule is CN(C)CCC(=O)NC1(C(=O)O)CCOCC1. The molecule has 1 amide bonds. The number of nitrogens with zero attached hydrogens (tertiary/aromatic N) is 1. The maximum Gasteiger partial charge on any atom is 0.329 e. The van der Waals surface area contributed by atoms with E-state index >= 15 is 0 Å². The maximum absolute atomic E-state index is 11.7. The number of rotatable bonds is 5. The molecule has 0 aromatic heterocycles. The lowest BCUT2D eigenvalue weighted by atomic mass is 9.90. The Labute approximate surface area is 101 Å². The molecule has 0 saturated carbocycles. The van der Waals surface area contributed by atoms with Gasteiger partial charge in [-0.15, -0.1) is 0 Å². The third kappa shape index (κ3) is 3.98. The number of carbonyl (C=O) groups excluding carboxylic acids is 1. The molecule has 0 aromatic rings. The maximum atomic E-state index is 11.7. The molecular formula is C11H20N2O4. The Balaban J connectivity index is 2.54. The van der Waals surface area contributed by atoms with E-state index in [1.807, 2.05) is 19.0 Å². The van der Waals surface area contributed by atoms with Crippen LogP contribution in [0.1, 0.15) is 19.3 Å². The molecule has 0 atom stereocenters. The molecule has 0 bridgehead atoms. The largest absolute Gasteiger partial charge is 0.480 e. The van der Waals surface area contributed by atoms with Gasteiger partial charge in [0.25, 0.3) is 0 Å². The Bertz CT molecular complexity index is 285. The van der Waals surface area contributed by atoms with Crippen molar-refractivity contribution in [3.8, 4) is 0 Å². The van der Waals surface area contributed by atoms with Crippen molar-refractivity contribution in [2.75, 3.05) is 33.9 Å². The number of carboxylic acids is 1. The zero-order chi connectivity index (χ0) is 12.9. The summed E-state index contributed by atoms with van der Waals surface area (Å²) in [5.74, 6) is -1.19. The van der Waals surface area contributed by atoms with Crippen LogP contribution in [0, 0.1) is 0 Å². The Morgan fingerprint density at radius 3 is 2.41 bits per heavy atom. The van der Waals surface area contributed by atoms with Gasteiger partial charge in [0.1, 0.15) is 5.54 Å². The monoisotopic (exact) mass is 244 g/mol. The fraction of sp³-hybridized carbons (Fsp3) is 0.818. The van der Waals surface area contributed by atoms with Crippen LogP contribution in [0.5, 0.6) is 0 Å². The summed E-state index contributed by atoms with van der Waals surface area (Å²) in [6.45, 7) is 1.36. The van der Waals surface area contributed by atoms with Gasteiger partial charge in [-0.1, -0.05) is 0 Å². The molecule has 0 aliphatic carbocycles. The first kappa shape index (κ1) is 13.9. The van der Waals surface area contributed by atoms with Gasteiger partial charge in [-0.25, -0.2) is 4.79 Å². The minimum Gasteiger partial charge on any atom is -0.480 e. The molecule has 6 nitrogen and oxygen atoms in total. The number of amides is 1. The lowest BCUT2D eigenvalue weighted by Gasteiger charge is -2.34. The molecular weight excluding hydrogens is 224 g/mol. The van der Waals surface area contributed by atoms with Crippen molar-refractivity contribution in [1.29, 1.82) is 0 Å². The van der Waals surface area contributed by atoms with E-state index in [0.29, 0.717) is 39.0 Å². The first-order chi connectivity index (χ1) is 7.96. The highest BCUT2D eigenvalue weighted by Gasteiger charge is 2.41. The molecule has 1 heterocycles. The second-order valence-corrected chi connectivity index (χ2v) is 4.60. The second kappa shape index (κ2) is 5.97. The lowest BCUT2D eigenvalue weighted by Crippen LogP contribution is -2.57. The van der Waals surface area contributed by atoms with Gasteiger partial charge in [0.2, 0.25) is 5.91 Å². The topological polar surface area (TPSA) is 78.9 Å². The van der Waals surface area contributed by atoms with Gasteiger partial charge in [0.05, 0.1) is 0 Å². The number of ether oxygens (including phenoxy) is 1. The summed E-state index contributed by atoms with van der Waals surface area (Å²) in [4.78, 5) is 24.8. The Morgan fingerprint density at radius 1 is 1.35 bits per heavy atom. The summed E-state index contributed by atoms with van der Waals surface area (Å²) >= 11 is 0. The summed E-state index contributed by atoms with van der Waals surface area (Å²) in [6.07, 6.45) is 0.967. The smallest absolute Gasteiger partial charge is 0.329 e. The minimum absolute atomic E-state index is 0.219. The van der Waals surface area contributed by atoms with Gasteiger partial charge in [-0.2, -0.15) is 0 Å². The van der Waals surface area contributed by atoms with E-state index in [9.17, 15) is 14.7 Å². The molecule has 98 valence electrons. The minimum atomic E-state index is -1.14. The molecule has 1 saturated heterocycles. The fourth-order valence-corrected chi connectivity index (χ4v) is 1.77. The Kier molecular flexibility index (Phi) is 4.89. The van der Waals surface area contributed by atoms with E-state index in [4.69, 9.17) is 4.74 Å². The van der Waals surface area contributed by atoms with Gasteiger partial charge in [-0.3, -0.25) is 4.79 Å². The molecule has 17 heavy (non-hydrogen) atoms. The molecule has 1 fully saturated rings. The zero-order valence-corrected chi connectivity index (χ0v) is 10.4. The van der Waals surface area contributed by atoms with Gasteiger partial charge in [-0.05, 0) is 14.1 Å². The molecule has 0 spiro atoms. The van der Waals surface area contributed by atoms with Crippen LogP contribution in [0.2, 0.25) is 0 Å². The van der Waals surface area contributed by atoms with E-state index in [-0.39, 0.29) is 5.91 Å². The Hall–Kier alpha value is -1.14. The Morgan fingerprint density at radius 2 is 1.94 bits per heavy atom.